The molecule has 2 unspecified atom stereocenters. The Hall–Kier alpha value is -6.90. The third-order valence-electron chi connectivity index (χ3n) is 11.2. The monoisotopic (exact) mass is 705 g/mol. The molecule has 1 aliphatic carbocycles. The molecule has 0 aliphatic heterocycles. The van der Waals surface area contributed by atoms with Gasteiger partial charge in [-0.25, -0.2) is 0 Å². The Morgan fingerprint density at radius 1 is 0.455 bits per heavy atom. The molecule has 2 atom stereocenters. The highest BCUT2D eigenvalue weighted by molar-refractivity contribution is 6.22. The maximum absolute atomic E-state index is 6.84. The Balaban J connectivity index is 1.14. The molecule has 0 saturated heterocycles. The molecule has 0 N–H and O–H groups in total. The number of furan rings is 1. The van der Waals surface area contributed by atoms with Crippen LogP contribution in [0.1, 0.15) is 18.4 Å². The van der Waals surface area contributed by atoms with Crippen LogP contribution in [-0.2, 0) is 0 Å². The lowest BCUT2D eigenvalue weighted by molar-refractivity contribution is 0.636. The molecular formula is C53H39NO. The van der Waals surface area contributed by atoms with Gasteiger partial charge in [-0.15, -0.1) is 0 Å². The summed E-state index contributed by atoms with van der Waals surface area (Å²) in [6.45, 7) is 2.31. The summed E-state index contributed by atoms with van der Waals surface area (Å²) in [7, 11) is 0. The minimum absolute atomic E-state index is 0.296. The van der Waals surface area contributed by atoms with Gasteiger partial charge in [-0.3, -0.25) is 0 Å². The van der Waals surface area contributed by atoms with Gasteiger partial charge in [0, 0.05) is 38.8 Å². The Bertz CT molecular complexity index is 2860. The van der Waals surface area contributed by atoms with E-state index in [1.54, 1.807) is 0 Å². The normalized spacial score (nSPS) is 15.2. The lowest BCUT2D eigenvalue weighted by atomic mass is 9.80. The topological polar surface area (TPSA) is 16.4 Å². The SMILES string of the molecule is CC1C=CC=CC1c1ccccc1-c1cccc2oc3c4ccccc4c(N(c4ccccc4)c4ccc(-c5ccc(-c6ccccc6)cc5)cc4)cc3c12. The van der Waals surface area contributed by atoms with Gasteiger partial charge in [0.25, 0.3) is 0 Å². The summed E-state index contributed by atoms with van der Waals surface area (Å²) in [5.74, 6) is 0.700. The van der Waals surface area contributed by atoms with Crippen LogP contribution in [0, 0.1) is 5.92 Å². The molecule has 1 aliphatic rings. The second-order valence-electron chi connectivity index (χ2n) is 14.5. The standard InChI is InChI=1S/C53H39NO/c1-36-15-8-9-20-43(36)44-21-10-11-22-45(44)47-25-14-26-51-52(47)49-35-50(46-23-12-13-24-48(46)53(49)55-51)54(41-18-6-3-7-19-41)42-33-31-40(32-34-42)39-29-27-38(28-30-39)37-16-4-2-5-17-37/h2-36,43H,1H3. The van der Waals surface area contributed by atoms with Crippen molar-refractivity contribution in [1.82, 2.24) is 0 Å². The van der Waals surface area contributed by atoms with Crippen LogP contribution in [0.15, 0.2) is 211 Å². The zero-order chi connectivity index (χ0) is 36.7. The summed E-state index contributed by atoms with van der Waals surface area (Å²) < 4.78 is 6.84. The van der Waals surface area contributed by atoms with E-state index in [-0.39, 0.29) is 0 Å². The van der Waals surface area contributed by atoms with Gasteiger partial charge in [0.05, 0.1) is 5.69 Å². The van der Waals surface area contributed by atoms with Gasteiger partial charge in [0.1, 0.15) is 11.2 Å². The van der Waals surface area contributed by atoms with Crippen molar-refractivity contribution in [3.05, 3.63) is 212 Å². The van der Waals surface area contributed by atoms with Crippen molar-refractivity contribution in [1.29, 1.82) is 0 Å². The van der Waals surface area contributed by atoms with E-state index in [1.165, 1.54) is 38.9 Å². The van der Waals surface area contributed by atoms with Crippen LogP contribution in [0.2, 0.25) is 0 Å². The van der Waals surface area contributed by atoms with Crippen molar-refractivity contribution in [2.45, 2.75) is 12.8 Å². The first-order chi connectivity index (χ1) is 27.2. The van der Waals surface area contributed by atoms with Gasteiger partial charge in [0.15, 0.2) is 0 Å². The van der Waals surface area contributed by atoms with Gasteiger partial charge >= 0.3 is 0 Å². The van der Waals surface area contributed by atoms with E-state index in [0.717, 1.165) is 49.8 Å². The Labute approximate surface area is 321 Å². The molecule has 10 rings (SSSR count). The summed E-state index contributed by atoms with van der Waals surface area (Å²) in [5, 5.41) is 4.48. The van der Waals surface area contributed by atoms with Crippen molar-refractivity contribution in [3.63, 3.8) is 0 Å². The first kappa shape index (κ1) is 32.7. The molecule has 2 heteroatoms. The average Bonchev–Trinajstić information content (AvgIpc) is 3.64. The van der Waals surface area contributed by atoms with Crippen LogP contribution in [0.5, 0.6) is 0 Å². The molecule has 0 saturated carbocycles. The zero-order valence-corrected chi connectivity index (χ0v) is 30.6. The molecule has 0 bridgehead atoms. The summed E-state index contributed by atoms with van der Waals surface area (Å²) >= 11 is 0. The van der Waals surface area contributed by atoms with E-state index < -0.39 is 0 Å². The minimum atomic E-state index is 0.296. The predicted molar refractivity (Wildman–Crippen MR) is 232 cm³/mol. The molecule has 0 amide bonds. The van der Waals surface area contributed by atoms with Crippen molar-refractivity contribution in [3.8, 4) is 33.4 Å². The highest BCUT2D eigenvalue weighted by atomic mass is 16.3. The molecule has 9 aromatic rings. The van der Waals surface area contributed by atoms with E-state index in [1.807, 2.05) is 0 Å². The minimum Gasteiger partial charge on any atom is -0.455 e. The number of nitrogens with zero attached hydrogens (tertiary/aromatic N) is 1. The Kier molecular flexibility index (Phi) is 8.22. The molecule has 0 spiro atoms. The van der Waals surface area contributed by atoms with E-state index in [4.69, 9.17) is 4.42 Å². The zero-order valence-electron chi connectivity index (χ0n) is 30.6. The number of anilines is 3. The molecule has 1 heterocycles. The highest BCUT2D eigenvalue weighted by Gasteiger charge is 2.24. The third kappa shape index (κ3) is 5.84. The average molecular weight is 706 g/mol. The lowest BCUT2D eigenvalue weighted by Crippen LogP contribution is -2.10. The smallest absolute Gasteiger partial charge is 0.143 e. The van der Waals surface area contributed by atoms with Crippen molar-refractivity contribution >= 4 is 49.8 Å². The van der Waals surface area contributed by atoms with Crippen LogP contribution >= 0.6 is 0 Å². The number of hydrogen-bond donors (Lipinski definition) is 0. The third-order valence-corrected chi connectivity index (χ3v) is 11.2. The molecular weight excluding hydrogens is 667 g/mol. The molecule has 2 nitrogen and oxygen atoms in total. The van der Waals surface area contributed by atoms with Crippen LogP contribution in [0.25, 0.3) is 66.1 Å². The van der Waals surface area contributed by atoms with E-state index in [2.05, 4.69) is 218 Å². The number of benzene rings is 8. The maximum atomic E-state index is 6.84. The number of para-hydroxylation sites is 1. The second-order valence-corrected chi connectivity index (χ2v) is 14.5. The fourth-order valence-electron chi connectivity index (χ4n) is 8.47. The van der Waals surface area contributed by atoms with Gasteiger partial charge in [-0.05, 0) is 81.3 Å². The fraction of sp³-hybridized carbons (Fsp3) is 0.0566. The summed E-state index contributed by atoms with van der Waals surface area (Å²) in [5.41, 5.74) is 13.7. The molecule has 0 radical (unpaired) electrons. The molecule has 0 fully saturated rings. The number of fused-ring (bicyclic) bond motifs is 5. The van der Waals surface area contributed by atoms with Crippen molar-refractivity contribution in [2.24, 2.45) is 5.92 Å². The van der Waals surface area contributed by atoms with Crippen molar-refractivity contribution < 1.29 is 4.42 Å². The molecule has 55 heavy (non-hydrogen) atoms. The Morgan fingerprint density at radius 3 is 1.75 bits per heavy atom. The van der Waals surface area contributed by atoms with Crippen LogP contribution in [0.3, 0.4) is 0 Å². The van der Waals surface area contributed by atoms with Crippen LogP contribution in [0.4, 0.5) is 17.1 Å². The quantitative estimate of drug-likeness (QED) is 0.164. The van der Waals surface area contributed by atoms with Gasteiger partial charge in [-0.1, -0.05) is 177 Å². The molecule has 1 aromatic heterocycles. The van der Waals surface area contributed by atoms with E-state index in [0.29, 0.717) is 11.8 Å². The summed E-state index contributed by atoms with van der Waals surface area (Å²) in [6.07, 6.45) is 8.99. The van der Waals surface area contributed by atoms with Gasteiger partial charge < -0.3 is 9.32 Å². The first-order valence-electron chi connectivity index (χ1n) is 19.1. The van der Waals surface area contributed by atoms with Gasteiger partial charge in [0.2, 0.25) is 0 Å². The van der Waals surface area contributed by atoms with Crippen LogP contribution < -0.4 is 4.90 Å². The largest absolute Gasteiger partial charge is 0.455 e. The molecule has 262 valence electrons. The first-order valence-corrected chi connectivity index (χ1v) is 19.1. The van der Waals surface area contributed by atoms with Crippen molar-refractivity contribution in [2.75, 3.05) is 4.90 Å². The van der Waals surface area contributed by atoms with E-state index in [9.17, 15) is 0 Å². The second kappa shape index (κ2) is 13.8. The maximum Gasteiger partial charge on any atom is 0.143 e. The number of hydrogen-bond acceptors (Lipinski definition) is 2. The number of rotatable bonds is 7. The van der Waals surface area contributed by atoms with Crippen LogP contribution in [-0.4, -0.2) is 0 Å². The lowest BCUT2D eigenvalue weighted by Gasteiger charge is -2.27. The fourth-order valence-corrected chi connectivity index (χ4v) is 8.47. The Morgan fingerprint density at radius 2 is 1.02 bits per heavy atom. The van der Waals surface area contributed by atoms with E-state index >= 15 is 0 Å². The predicted octanol–water partition coefficient (Wildman–Crippen LogP) is 15.1. The number of allylic oxidation sites excluding steroid dienone is 4. The molecule has 8 aromatic carbocycles. The van der Waals surface area contributed by atoms with Gasteiger partial charge in [-0.2, -0.15) is 0 Å². The summed E-state index contributed by atoms with van der Waals surface area (Å²) in [6, 6.07) is 65.5. The summed E-state index contributed by atoms with van der Waals surface area (Å²) in [4.78, 5) is 2.39. The highest BCUT2D eigenvalue weighted by Crippen LogP contribution is 2.47.